The molecule has 0 bridgehead atoms. The molecule has 5 nitrogen and oxygen atoms in total. The van der Waals surface area contributed by atoms with Gasteiger partial charge in [-0.15, -0.1) is 0 Å². The number of ketones is 1. The number of benzene rings is 3. The summed E-state index contributed by atoms with van der Waals surface area (Å²) < 4.78 is 16.6. The van der Waals surface area contributed by atoms with E-state index in [1.54, 1.807) is 66.6 Å². The van der Waals surface area contributed by atoms with Gasteiger partial charge in [0.1, 0.15) is 11.9 Å². The van der Waals surface area contributed by atoms with Crippen molar-refractivity contribution in [3.63, 3.8) is 0 Å². The lowest BCUT2D eigenvalue weighted by molar-refractivity contribution is -0.122. The number of carbonyl (C=O) groups is 2. The van der Waals surface area contributed by atoms with Gasteiger partial charge in [0.05, 0.1) is 18.8 Å². The maximum atomic E-state index is 14.8. The van der Waals surface area contributed by atoms with Crippen molar-refractivity contribution in [3.8, 4) is 11.1 Å². The zero-order valence-electron chi connectivity index (χ0n) is 18.2. The van der Waals surface area contributed by atoms with Gasteiger partial charge in [-0.05, 0) is 24.1 Å². The van der Waals surface area contributed by atoms with Crippen molar-refractivity contribution in [2.45, 2.75) is 25.4 Å². The molecular weight excluding hydrogens is 417 g/mol. The minimum Gasteiger partial charge on any atom is -0.344 e. The number of carbonyl (C=O) groups excluding carboxylic acids is 2. The molecule has 1 aromatic heterocycles. The smallest absolute Gasteiger partial charge is 0.227 e. The lowest BCUT2D eigenvalue weighted by atomic mass is 9.95. The monoisotopic (exact) mass is 441 g/mol. The van der Waals surface area contributed by atoms with Crippen LogP contribution in [0.3, 0.4) is 0 Å². The highest BCUT2D eigenvalue weighted by Gasteiger charge is 2.26. The fourth-order valence-corrected chi connectivity index (χ4v) is 3.70. The Morgan fingerprint density at radius 2 is 1.70 bits per heavy atom. The van der Waals surface area contributed by atoms with Crippen LogP contribution in [0.25, 0.3) is 11.1 Å². The van der Waals surface area contributed by atoms with E-state index in [1.807, 2.05) is 36.4 Å². The lowest BCUT2D eigenvalue weighted by Gasteiger charge is -2.21. The van der Waals surface area contributed by atoms with Crippen molar-refractivity contribution in [1.29, 1.82) is 0 Å². The second-order valence-electron chi connectivity index (χ2n) is 7.88. The van der Waals surface area contributed by atoms with Gasteiger partial charge < -0.3 is 9.88 Å². The molecular formula is C27H24FN3O2. The van der Waals surface area contributed by atoms with Crippen molar-refractivity contribution in [2.75, 3.05) is 0 Å². The molecule has 1 unspecified atom stereocenters. The van der Waals surface area contributed by atoms with Crippen LogP contribution in [0.4, 0.5) is 4.39 Å². The molecule has 0 saturated carbocycles. The number of Topliss-reactive ketones (excluding diaryl/α,β-unsaturated/α-hetero) is 1. The number of hydrogen-bond donors (Lipinski definition) is 1. The van der Waals surface area contributed by atoms with Crippen molar-refractivity contribution >= 4 is 11.7 Å². The maximum Gasteiger partial charge on any atom is 0.227 e. The number of halogens is 1. The van der Waals surface area contributed by atoms with Crippen LogP contribution in [0.1, 0.15) is 28.8 Å². The summed E-state index contributed by atoms with van der Waals surface area (Å²) in [7, 11) is 0. The number of imidazole rings is 1. The Balaban J connectivity index is 1.53. The van der Waals surface area contributed by atoms with Crippen LogP contribution in [0.2, 0.25) is 0 Å². The second kappa shape index (κ2) is 10.0. The quantitative estimate of drug-likeness (QED) is 0.397. The van der Waals surface area contributed by atoms with Gasteiger partial charge >= 0.3 is 0 Å². The molecule has 0 saturated heterocycles. The third kappa shape index (κ3) is 5.23. The van der Waals surface area contributed by atoms with E-state index in [0.29, 0.717) is 16.7 Å². The molecule has 0 aliphatic carbocycles. The number of nitrogens with one attached hydrogen (secondary N) is 1. The van der Waals surface area contributed by atoms with Crippen LogP contribution in [-0.2, 0) is 11.3 Å². The van der Waals surface area contributed by atoms with E-state index in [4.69, 9.17) is 0 Å². The fourth-order valence-electron chi connectivity index (χ4n) is 3.70. The molecule has 1 amide bonds. The van der Waals surface area contributed by atoms with E-state index in [1.165, 1.54) is 6.07 Å². The molecule has 0 radical (unpaired) electrons. The highest BCUT2D eigenvalue weighted by atomic mass is 19.1. The van der Waals surface area contributed by atoms with Crippen molar-refractivity contribution in [2.24, 2.45) is 0 Å². The largest absolute Gasteiger partial charge is 0.344 e. The molecule has 6 heteroatoms. The topological polar surface area (TPSA) is 64.0 Å². The Kier molecular flexibility index (Phi) is 6.74. The van der Waals surface area contributed by atoms with Gasteiger partial charge in [-0.1, -0.05) is 72.8 Å². The molecule has 0 aliphatic heterocycles. The number of amides is 1. The SMILES string of the molecule is C[C@H](C(=O)NC(Cn1ccnc1)C(=O)c1ccccc1)c1ccc(-c2ccccc2)c(F)c1. The summed E-state index contributed by atoms with van der Waals surface area (Å²) in [6, 6.07) is 22.1. The molecule has 4 rings (SSSR count). The van der Waals surface area contributed by atoms with Crippen LogP contribution in [0, 0.1) is 5.82 Å². The third-order valence-electron chi connectivity index (χ3n) is 5.62. The van der Waals surface area contributed by atoms with Crippen molar-refractivity contribution in [3.05, 3.63) is 115 Å². The number of aromatic nitrogens is 2. The zero-order valence-corrected chi connectivity index (χ0v) is 18.2. The van der Waals surface area contributed by atoms with Gasteiger partial charge in [0.25, 0.3) is 0 Å². The molecule has 1 N–H and O–H groups in total. The van der Waals surface area contributed by atoms with E-state index in [0.717, 1.165) is 5.56 Å². The van der Waals surface area contributed by atoms with Crippen LogP contribution < -0.4 is 5.32 Å². The van der Waals surface area contributed by atoms with E-state index < -0.39 is 17.8 Å². The minimum atomic E-state index is -0.787. The Bertz CT molecular complexity index is 1220. The van der Waals surface area contributed by atoms with Crippen LogP contribution >= 0.6 is 0 Å². The summed E-state index contributed by atoms with van der Waals surface area (Å²) in [5.41, 5.74) is 2.30. The maximum absolute atomic E-state index is 14.8. The van der Waals surface area contributed by atoms with Gasteiger partial charge in [0.15, 0.2) is 5.78 Å². The summed E-state index contributed by atoms with van der Waals surface area (Å²) in [4.78, 5) is 30.2. The highest BCUT2D eigenvalue weighted by molar-refractivity contribution is 6.02. The first kappa shape index (κ1) is 22.1. The summed E-state index contributed by atoms with van der Waals surface area (Å²) in [6.07, 6.45) is 4.95. The average molecular weight is 442 g/mol. The summed E-state index contributed by atoms with van der Waals surface area (Å²) >= 11 is 0. The number of nitrogens with zero attached hydrogens (tertiary/aromatic N) is 2. The van der Waals surface area contributed by atoms with Crippen molar-refractivity contribution in [1.82, 2.24) is 14.9 Å². The Labute approximate surface area is 191 Å². The predicted molar refractivity (Wildman–Crippen MR) is 125 cm³/mol. The first-order valence-electron chi connectivity index (χ1n) is 10.7. The van der Waals surface area contributed by atoms with Gasteiger partial charge in [-0.25, -0.2) is 9.37 Å². The minimum absolute atomic E-state index is 0.199. The van der Waals surface area contributed by atoms with Crippen LogP contribution in [0.5, 0.6) is 0 Å². The molecule has 166 valence electrons. The zero-order chi connectivity index (χ0) is 23.2. The van der Waals surface area contributed by atoms with Gasteiger partial charge in [0, 0.05) is 23.5 Å². The van der Waals surface area contributed by atoms with E-state index >= 15 is 0 Å². The Hall–Kier alpha value is -4.06. The number of hydrogen-bond acceptors (Lipinski definition) is 3. The van der Waals surface area contributed by atoms with E-state index in [-0.39, 0.29) is 18.2 Å². The van der Waals surface area contributed by atoms with Gasteiger partial charge in [0.2, 0.25) is 5.91 Å². The third-order valence-corrected chi connectivity index (χ3v) is 5.62. The lowest BCUT2D eigenvalue weighted by Crippen LogP contribution is -2.45. The van der Waals surface area contributed by atoms with Crippen LogP contribution in [-0.4, -0.2) is 27.3 Å². The molecule has 0 aliphatic rings. The Morgan fingerprint density at radius 1 is 1.00 bits per heavy atom. The first-order chi connectivity index (χ1) is 16.0. The summed E-state index contributed by atoms with van der Waals surface area (Å²) in [5.74, 6) is -1.58. The Morgan fingerprint density at radius 3 is 2.33 bits per heavy atom. The van der Waals surface area contributed by atoms with Crippen LogP contribution in [0.15, 0.2) is 97.6 Å². The standard InChI is InChI=1S/C27H24FN3O2/c1-19(22-12-13-23(24(28)16-22)20-8-4-2-5-9-20)27(33)30-25(17-31-15-14-29-18-31)26(32)21-10-6-3-7-11-21/h2-16,18-19,25H,17H2,1H3,(H,30,33)/t19-,25?/m0/s1. The fraction of sp³-hybridized carbons (Fsp3) is 0.148. The molecule has 3 aromatic carbocycles. The number of rotatable bonds is 8. The molecule has 33 heavy (non-hydrogen) atoms. The normalized spacial score (nSPS) is 12.7. The highest BCUT2D eigenvalue weighted by Crippen LogP contribution is 2.26. The molecule has 4 aromatic rings. The first-order valence-corrected chi connectivity index (χ1v) is 10.7. The predicted octanol–water partition coefficient (Wildman–Crippen LogP) is 4.86. The average Bonchev–Trinajstić information content (AvgIpc) is 3.37. The molecule has 2 atom stereocenters. The van der Waals surface area contributed by atoms with E-state index in [9.17, 15) is 14.0 Å². The van der Waals surface area contributed by atoms with Gasteiger partial charge in [-0.2, -0.15) is 0 Å². The summed E-state index contributed by atoms with van der Waals surface area (Å²) in [5, 5.41) is 2.86. The van der Waals surface area contributed by atoms with Crippen molar-refractivity contribution < 1.29 is 14.0 Å². The van der Waals surface area contributed by atoms with Gasteiger partial charge in [-0.3, -0.25) is 9.59 Å². The summed E-state index contributed by atoms with van der Waals surface area (Å²) in [6.45, 7) is 1.95. The molecule has 0 spiro atoms. The van der Waals surface area contributed by atoms with E-state index in [2.05, 4.69) is 10.3 Å². The molecule has 1 heterocycles. The molecule has 0 fully saturated rings. The second-order valence-corrected chi connectivity index (χ2v) is 7.88.